The summed E-state index contributed by atoms with van der Waals surface area (Å²) in [6.07, 6.45) is 5.08. The zero-order chi connectivity index (χ0) is 13.2. The Morgan fingerprint density at radius 2 is 1.81 bits per heavy atom. The topological polar surface area (TPSA) is 103 Å². The van der Waals surface area contributed by atoms with E-state index in [1.807, 2.05) is 0 Å². The van der Waals surface area contributed by atoms with E-state index in [2.05, 4.69) is 9.97 Å². The Bertz CT molecular complexity index is 318. The van der Waals surface area contributed by atoms with Crippen LogP contribution < -0.4 is 0 Å². The Hall–Kier alpha value is -1.13. The monoisotopic (exact) mass is 264 g/mol. The van der Waals surface area contributed by atoms with E-state index in [4.69, 9.17) is 18.1 Å². The van der Waals surface area contributed by atoms with Gasteiger partial charge in [0, 0.05) is 19.0 Å². The summed E-state index contributed by atoms with van der Waals surface area (Å²) in [7, 11) is -5.84. The standard InChI is InChI=1S/C3H4N2.C2H6O.CHF3O3S/c1-2-5-3-4-1;1-2-3;2-1(3,4)8(5,6)7/h1-3H,(H,4,5);3H,2H2,1H3;(H,5,6,7). The molecule has 0 aliphatic carbocycles. The minimum absolute atomic E-state index is 0.250. The molecule has 0 saturated carbocycles. The molecule has 3 N–H and O–H groups in total. The Labute approximate surface area is 89.9 Å². The summed E-state index contributed by atoms with van der Waals surface area (Å²) >= 11 is 0. The minimum Gasteiger partial charge on any atom is -0.397 e. The number of hydrogen-bond acceptors (Lipinski definition) is 4. The number of halogens is 3. The van der Waals surface area contributed by atoms with Crippen LogP contribution in [0.15, 0.2) is 18.7 Å². The van der Waals surface area contributed by atoms with Crippen LogP contribution in [0.5, 0.6) is 0 Å². The number of alkyl halides is 3. The maximum Gasteiger partial charge on any atom is 0.522 e. The van der Waals surface area contributed by atoms with E-state index in [1.54, 1.807) is 25.6 Å². The number of nitrogens with one attached hydrogen (secondary N) is 1. The lowest BCUT2D eigenvalue weighted by molar-refractivity contribution is -0.0510. The summed E-state index contributed by atoms with van der Waals surface area (Å²) in [4.78, 5) is 6.42. The van der Waals surface area contributed by atoms with E-state index in [-0.39, 0.29) is 6.61 Å². The van der Waals surface area contributed by atoms with E-state index < -0.39 is 15.6 Å². The molecule has 0 amide bonds. The predicted molar refractivity (Wildman–Crippen MR) is 49.0 cm³/mol. The molecule has 1 aromatic heterocycles. The maximum absolute atomic E-state index is 10.7. The maximum atomic E-state index is 10.7. The van der Waals surface area contributed by atoms with Gasteiger partial charge in [0.25, 0.3) is 0 Å². The van der Waals surface area contributed by atoms with Gasteiger partial charge in [-0.15, -0.1) is 0 Å². The van der Waals surface area contributed by atoms with Gasteiger partial charge in [-0.1, -0.05) is 0 Å². The van der Waals surface area contributed by atoms with Crippen molar-refractivity contribution in [1.29, 1.82) is 0 Å². The molecule has 1 heterocycles. The third-order valence-electron chi connectivity index (χ3n) is 0.698. The van der Waals surface area contributed by atoms with E-state index in [1.165, 1.54) is 0 Å². The second-order valence-corrected chi connectivity index (χ2v) is 3.41. The zero-order valence-corrected chi connectivity index (χ0v) is 8.96. The summed E-state index contributed by atoms with van der Waals surface area (Å²) in [5.74, 6) is 0. The number of hydrogen-bond donors (Lipinski definition) is 3. The molecule has 1 rings (SSSR count). The van der Waals surface area contributed by atoms with Crippen LogP contribution in [0.4, 0.5) is 13.2 Å². The predicted octanol–water partition coefficient (Wildman–Crippen LogP) is 0.802. The Kier molecular flexibility index (Phi) is 8.71. The number of nitrogens with zero attached hydrogens (tertiary/aromatic N) is 1. The van der Waals surface area contributed by atoms with Crippen LogP contribution in [0.3, 0.4) is 0 Å². The van der Waals surface area contributed by atoms with Crippen molar-refractivity contribution >= 4 is 10.1 Å². The molecule has 0 unspecified atom stereocenters. The van der Waals surface area contributed by atoms with Gasteiger partial charge >= 0.3 is 15.6 Å². The minimum atomic E-state index is -5.84. The van der Waals surface area contributed by atoms with Gasteiger partial charge in [0.1, 0.15) is 0 Å². The Morgan fingerprint density at radius 1 is 1.44 bits per heavy atom. The second kappa shape index (κ2) is 8.07. The van der Waals surface area contributed by atoms with Crippen LogP contribution in [0, 0.1) is 0 Å². The smallest absolute Gasteiger partial charge is 0.397 e. The number of H-pyrrole nitrogens is 1. The average molecular weight is 264 g/mol. The van der Waals surface area contributed by atoms with Crippen LogP contribution >= 0.6 is 0 Å². The van der Waals surface area contributed by atoms with Gasteiger partial charge in [0.05, 0.1) is 6.33 Å². The lowest BCUT2D eigenvalue weighted by Crippen LogP contribution is -2.21. The van der Waals surface area contributed by atoms with Gasteiger partial charge in [0.2, 0.25) is 0 Å². The highest BCUT2D eigenvalue weighted by Crippen LogP contribution is 2.20. The summed E-state index contributed by atoms with van der Waals surface area (Å²) in [5.41, 5.74) is -5.53. The fourth-order valence-corrected chi connectivity index (χ4v) is 0.215. The molecule has 0 aliphatic rings. The van der Waals surface area contributed by atoms with Gasteiger partial charge < -0.3 is 10.1 Å². The fourth-order valence-electron chi connectivity index (χ4n) is 0.215. The number of rotatable bonds is 0. The molecule has 0 radical (unpaired) electrons. The molecule has 0 aliphatic heterocycles. The van der Waals surface area contributed by atoms with Crippen LogP contribution in [0.1, 0.15) is 6.92 Å². The fraction of sp³-hybridized carbons (Fsp3) is 0.500. The molecule has 16 heavy (non-hydrogen) atoms. The normalized spacial score (nSPS) is 10.6. The second-order valence-electron chi connectivity index (χ2n) is 2.00. The highest BCUT2D eigenvalue weighted by Gasteiger charge is 2.44. The Balaban J connectivity index is 0. The molecule has 0 aromatic carbocycles. The van der Waals surface area contributed by atoms with Crippen molar-refractivity contribution in [2.45, 2.75) is 12.4 Å². The van der Waals surface area contributed by atoms with Crippen molar-refractivity contribution in [3.63, 3.8) is 0 Å². The number of aromatic nitrogens is 2. The first-order valence-electron chi connectivity index (χ1n) is 3.74. The zero-order valence-electron chi connectivity index (χ0n) is 8.14. The molecule has 0 bridgehead atoms. The van der Waals surface area contributed by atoms with Gasteiger partial charge in [-0.3, -0.25) is 4.55 Å². The largest absolute Gasteiger partial charge is 0.522 e. The lowest BCUT2D eigenvalue weighted by atomic mass is 10.9. The summed E-state index contributed by atoms with van der Waals surface area (Å²) < 4.78 is 57.5. The first kappa shape index (κ1) is 17.3. The number of aromatic amines is 1. The molecule has 0 spiro atoms. The number of aliphatic hydroxyl groups is 1. The molecular formula is C6H11F3N2O4S. The third-order valence-corrected chi connectivity index (χ3v) is 1.28. The molecule has 0 atom stereocenters. The summed E-state index contributed by atoms with van der Waals surface area (Å²) in [6, 6.07) is 0. The van der Waals surface area contributed by atoms with Crippen molar-refractivity contribution in [2.75, 3.05) is 6.61 Å². The molecular weight excluding hydrogens is 253 g/mol. The van der Waals surface area contributed by atoms with Gasteiger partial charge in [-0.25, -0.2) is 4.98 Å². The van der Waals surface area contributed by atoms with E-state index in [0.29, 0.717) is 0 Å². The van der Waals surface area contributed by atoms with E-state index in [9.17, 15) is 13.2 Å². The molecule has 96 valence electrons. The Morgan fingerprint density at radius 3 is 1.88 bits per heavy atom. The van der Waals surface area contributed by atoms with Crippen molar-refractivity contribution in [3.8, 4) is 0 Å². The first-order chi connectivity index (χ1) is 7.16. The van der Waals surface area contributed by atoms with Crippen LogP contribution in [0.2, 0.25) is 0 Å². The molecule has 6 nitrogen and oxygen atoms in total. The van der Waals surface area contributed by atoms with Crippen molar-refractivity contribution in [2.24, 2.45) is 0 Å². The van der Waals surface area contributed by atoms with E-state index >= 15 is 0 Å². The first-order valence-corrected chi connectivity index (χ1v) is 5.18. The van der Waals surface area contributed by atoms with Gasteiger partial charge in [0.15, 0.2) is 0 Å². The van der Waals surface area contributed by atoms with Gasteiger partial charge in [-0.2, -0.15) is 21.6 Å². The van der Waals surface area contributed by atoms with Crippen LogP contribution in [-0.2, 0) is 10.1 Å². The number of imidazole rings is 1. The van der Waals surface area contributed by atoms with Crippen LogP contribution in [0.25, 0.3) is 0 Å². The SMILES string of the molecule is CCO.O=S(=O)(O)C(F)(F)F.c1c[nH]cn1. The number of aliphatic hydroxyl groups excluding tert-OH is 1. The molecule has 10 heteroatoms. The van der Waals surface area contributed by atoms with Crippen molar-refractivity contribution in [1.82, 2.24) is 9.97 Å². The van der Waals surface area contributed by atoms with Crippen molar-refractivity contribution < 1.29 is 31.2 Å². The van der Waals surface area contributed by atoms with Gasteiger partial charge in [-0.05, 0) is 6.92 Å². The van der Waals surface area contributed by atoms with Crippen LogP contribution in [-0.4, -0.2) is 40.2 Å². The lowest BCUT2D eigenvalue weighted by Gasteiger charge is -1.97. The summed E-state index contributed by atoms with van der Waals surface area (Å²) in [6.45, 7) is 1.93. The molecule has 1 aromatic rings. The molecule has 0 fully saturated rings. The quantitative estimate of drug-likeness (QED) is 0.475. The van der Waals surface area contributed by atoms with Crippen molar-refractivity contribution in [3.05, 3.63) is 18.7 Å². The average Bonchev–Trinajstić information content (AvgIpc) is 2.57. The highest BCUT2D eigenvalue weighted by molar-refractivity contribution is 7.86. The summed E-state index contributed by atoms with van der Waals surface area (Å²) in [5, 5.41) is 7.57. The van der Waals surface area contributed by atoms with E-state index in [0.717, 1.165) is 0 Å². The highest BCUT2D eigenvalue weighted by atomic mass is 32.2. The molecule has 0 saturated heterocycles. The third kappa shape index (κ3) is 10.9.